The van der Waals surface area contributed by atoms with Crippen molar-refractivity contribution in [2.75, 3.05) is 42.9 Å². The summed E-state index contributed by atoms with van der Waals surface area (Å²) >= 11 is 12.0. The number of hydrogen-bond acceptors (Lipinski definition) is 3. The van der Waals surface area contributed by atoms with Gasteiger partial charge in [-0.2, -0.15) is 0 Å². The molecule has 1 amide bonds. The maximum atomic E-state index is 13.5. The van der Waals surface area contributed by atoms with Gasteiger partial charge in [-0.1, -0.05) is 30.1 Å². The number of benzene rings is 2. The van der Waals surface area contributed by atoms with Crippen LogP contribution >= 0.6 is 23.2 Å². The molecule has 0 saturated carbocycles. The van der Waals surface area contributed by atoms with Crippen LogP contribution in [0.25, 0.3) is 0 Å². The summed E-state index contributed by atoms with van der Waals surface area (Å²) in [5.74, 6) is -2.87. The van der Waals surface area contributed by atoms with E-state index >= 15 is 0 Å². The number of carbonyl (C=O) groups excluding carboxylic acids is 1. The number of anilines is 2. The molecule has 2 aromatic carbocycles. The Labute approximate surface area is 166 Å². The molecule has 1 N–H and O–H groups in total. The average Bonchev–Trinajstić information content (AvgIpc) is 2.65. The number of amides is 1. The summed E-state index contributed by atoms with van der Waals surface area (Å²) < 4.78 is 26.8. The molecule has 2 aromatic rings. The molecular formula is C19H19Cl2F2N3O. The van der Waals surface area contributed by atoms with Gasteiger partial charge >= 0.3 is 0 Å². The fraction of sp³-hybridized carbons (Fsp3) is 0.316. The number of piperazine rings is 1. The lowest BCUT2D eigenvalue weighted by Gasteiger charge is -2.36. The summed E-state index contributed by atoms with van der Waals surface area (Å²) in [7, 11) is 0. The Kier molecular flexibility index (Phi) is 6.19. The van der Waals surface area contributed by atoms with Crippen LogP contribution in [0.1, 0.15) is 17.3 Å². The molecule has 0 atom stereocenters. The van der Waals surface area contributed by atoms with E-state index in [4.69, 9.17) is 23.2 Å². The van der Waals surface area contributed by atoms with E-state index in [1.165, 1.54) is 0 Å². The lowest BCUT2D eigenvalue weighted by Crippen LogP contribution is -2.46. The van der Waals surface area contributed by atoms with E-state index in [1.807, 2.05) is 6.07 Å². The van der Waals surface area contributed by atoms with Crippen LogP contribution in [0.4, 0.5) is 20.2 Å². The van der Waals surface area contributed by atoms with Crippen LogP contribution in [0, 0.1) is 11.6 Å². The van der Waals surface area contributed by atoms with Crippen molar-refractivity contribution in [3.63, 3.8) is 0 Å². The summed E-state index contributed by atoms with van der Waals surface area (Å²) in [5, 5.41) is 3.02. The monoisotopic (exact) mass is 413 g/mol. The van der Waals surface area contributed by atoms with Crippen LogP contribution in [0.15, 0.2) is 30.3 Å². The Morgan fingerprint density at radius 1 is 1.07 bits per heavy atom. The van der Waals surface area contributed by atoms with Gasteiger partial charge in [0.05, 0.1) is 22.0 Å². The highest BCUT2D eigenvalue weighted by Gasteiger charge is 2.21. The molecule has 0 radical (unpaired) electrons. The lowest BCUT2D eigenvalue weighted by molar-refractivity contribution is 0.102. The normalized spacial score (nSPS) is 15.1. The smallest absolute Gasteiger partial charge is 0.257 e. The van der Waals surface area contributed by atoms with E-state index in [2.05, 4.69) is 22.0 Å². The third-order valence-corrected chi connectivity index (χ3v) is 5.17. The van der Waals surface area contributed by atoms with Crippen LogP contribution in [0.3, 0.4) is 0 Å². The molecule has 3 rings (SSSR count). The van der Waals surface area contributed by atoms with Gasteiger partial charge in [0.2, 0.25) is 0 Å². The maximum absolute atomic E-state index is 13.5. The van der Waals surface area contributed by atoms with Crippen LogP contribution in [-0.2, 0) is 0 Å². The molecule has 8 heteroatoms. The SMILES string of the molecule is CCN1CCN(c2ccc(Cl)cc2NC(=O)c2cc(F)c(F)cc2Cl)CC1. The first kappa shape index (κ1) is 19.9. The van der Waals surface area contributed by atoms with Gasteiger partial charge in [-0.15, -0.1) is 0 Å². The summed E-state index contributed by atoms with van der Waals surface area (Å²) in [6.45, 7) is 6.57. The molecule has 0 unspecified atom stereocenters. The van der Waals surface area contributed by atoms with Crippen molar-refractivity contribution in [1.82, 2.24) is 4.90 Å². The zero-order valence-corrected chi connectivity index (χ0v) is 16.2. The largest absolute Gasteiger partial charge is 0.367 e. The summed E-state index contributed by atoms with van der Waals surface area (Å²) in [5.41, 5.74) is 1.18. The highest BCUT2D eigenvalue weighted by Crippen LogP contribution is 2.31. The first-order valence-corrected chi connectivity index (χ1v) is 9.37. The van der Waals surface area contributed by atoms with E-state index in [0.717, 1.165) is 50.5 Å². The van der Waals surface area contributed by atoms with Gasteiger partial charge in [-0.3, -0.25) is 4.79 Å². The van der Waals surface area contributed by atoms with E-state index in [9.17, 15) is 13.6 Å². The maximum Gasteiger partial charge on any atom is 0.257 e. The third kappa shape index (κ3) is 4.51. The summed E-state index contributed by atoms with van der Waals surface area (Å²) in [4.78, 5) is 17.1. The summed E-state index contributed by atoms with van der Waals surface area (Å²) in [6, 6.07) is 6.80. The van der Waals surface area contributed by atoms with Crippen molar-refractivity contribution in [3.8, 4) is 0 Å². The molecule has 0 bridgehead atoms. The third-order valence-electron chi connectivity index (χ3n) is 4.62. The minimum Gasteiger partial charge on any atom is -0.367 e. The van der Waals surface area contributed by atoms with Crippen molar-refractivity contribution in [3.05, 3.63) is 57.6 Å². The highest BCUT2D eigenvalue weighted by molar-refractivity contribution is 6.34. The van der Waals surface area contributed by atoms with Crippen LogP contribution in [0.5, 0.6) is 0 Å². The van der Waals surface area contributed by atoms with E-state index < -0.39 is 17.5 Å². The van der Waals surface area contributed by atoms with E-state index in [0.29, 0.717) is 10.7 Å². The molecule has 1 fully saturated rings. The number of nitrogens with zero attached hydrogens (tertiary/aromatic N) is 2. The predicted octanol–water partition coefficient (Wildman–Crippen LogP) is 4.67. The Hall–Kier alpha value is -1.89. The Balaban J connectivity index is 1.85. The van der Waals surface area contributed by atoms with Crippen molar-refractivity contribution < 1.29 is 13.6 Å². The molecule has 0 spiro atoms. The highest BCUT2D eigenvalue weighted by atomic mass is 35.5. The molecular weight excluding hydrogens is 395 g/mol. The van der Waals surface area contributed by atoms with Crippen LogP contribution < -0.4 is 10.2 Å². The number of carbonyl (C=O) groups is 1. The number of rotatable bonds is 4. The Bertz CT molecular complexity index is 855. The zero-order valence-electron chi connectivity index (χ0n) is 14.7. The lowest BCUT2D eigenvalue weighted by atomic mass is 10.1. The average molecular weight is 414 g/mol. The van der Waals surface area contributed by atoms with Crippen molar-refractivity contribution in [1.29, 1.82) is 0 Å². The molecule has 0 aromatic heterocycles. The van der Waals surface area contributed by atoms with Gasteiger partial charge in [0, 0.05) is 31.2 Å². The first-order chi connectivity index (χ1) is 12.9. The number of likely N-dealkylation sites (N-methyl/N-ethyl adjacent to an activating group) is 1. The van der Waals surface area contributed by atoms with E-state index in [1.54, 1.807) is 12.1 Å². The molecule has 1 aliphatic heterocycles. The molecule has 1 aliphatic rings. The topological polar surface area (TPSA) is 35.6 Å². The van der Waals surface area contributed by atoms with E-state index in [-0.39, 0.29) is 10.6 Å². The first-order valence-electron chi connectivity index (χ1n) is 8.61. The zero-order chi connectivity index (χ0) is 19.6. The molecule has 27 heavy (non-hydrogen) atoms. The second-order valence-corrected chi connectivity index (χ2v) is 7.13. The van der Waals surface area contributed by atoms with Gasteiger partial charge < -0.3 is 15.1 Å². The summed E-state index contributed by atoms with van der Waals surface area (Å²) in [6.07, 6.45) is 0. The van der Waals surface area contributed by atoms with Crippen LogP contribution in [-0.4, -0.2) is 43.5 Å². The number of nitrogens with one attached hydrogen (secondary N) is 1. The van der Waals surface area contributed by atoms with Gasteiger partial charge in [0.15, 0.2) is 11.6 Å². The standard InChI is InChI=1S/C19H19Cl2F2N3O/c1-2-25-5-7-26(8-6-25)18-4-3-12(20)9-17(18)24-19(27)13-10-15(22)16(23)11-14(13)21/h3-4,9-11H,2,5-8H2,1H3,(H,24,27). The minimum atomic E-state index is -1.13. The fourth-order valence-electron chi connectivity index (χ4n) is 3.08. The second-order valence-electron chi connectivity index (χ2n) is 6.28. The van der Waals surface area contributed by atoms with Gasteiger partial charge in [-0.25, -0.2) is 8.78 Å². The predicted molar refractivity (Wildman–Crippen MR) is 105 cm³/mol. The van der Waals surface area contributed by atoms with Crippen molar-refractivity contribution in [2.24, 2.45) is 0 Å². The number of hydrogen-bond donors (Lipinski definition) is 1. The van der Waals surface area contributed by atoms with Crippen molar-refractivity contribution >= 4 is 40.5 Å². The Morgan fingerprint density at radius 2 is 1.74 bits per heavy atom. The number of halogens is 4. The van der Waals surface area contributed by atoms with Gasteiger partial charge in [0.1, 0.15) is 0 Å². The van der Waals surface area contributed by atoms with Crippen molar-refractivity contribution in [2.45, 2.75) is 6.92 Å². The Morgan fingerprint density at radius 3 is 2.41 bits per heavy atom. The van der Waals surface area contributed by atoms with Gasteiger partial charge in [-0.05, 0) is 36.9 Å². The fourth-order valence-corrected chi connectivity index (χ4v) is 3.48. The second kappa shape index (κ2) is 8.42. The molecule has 0 aliphatic carbocycles. The van der Waals surface area contributed by atoms with Crippen LogP contribution in [0.2, 0.25) is 10.0 Å². The van der Waals surface area contributed by atoms with Gasteiger partial charge in [0.25, 0.3) is 5.91 Å². The minimum absolute atomic E-state index is 0.141. The molecule has 1 saturated heterocycles. The molecule has 1 heterocycles. The molecule has 4 nitrogen and oxygen atoms in total. The quantitative estimate of drug-likeness (QED) is 0.739. The molecule has 144 valence electrons.